The molecule has 29 heavy (non-hydrogen) atoms. The zero-order valence-electron chi connectivity index (χ0n) is 17.8. The van der Waals surface area contributed by atoms with Gasteiger partial charge in [0, 0.05) is 33.7 Å². The second-order valence-corrected chi connectivity index (χ2v) is 10.2. The third-order valence-electron chi connectivity index (χ3n) is 5.06. The van der Waals surface area contributed by atoms with Crippen LogP contribution in [0.25, 0.3) is 0 Å². The lowest BCUT2D eigenvalue weighted by molar-refractivity contribution is -0.119. The predicted molar refractivity (Wildman–Crippen MR) is 113 cm³/mol. The summed E-state index contributed by atoms with van der Waals surface area (Å²) >= 11 is 0. The molecular weight excluding hydrogens is 395 g/mol. The van der Waals surface area contributed by atoms with Crippen LogP contribution in [0.5, 0.6) is 0 Å². The van der Waals surface area contributed by atoms with E-state index in [1.807, 2.05) is 0 Å². The van der Waals surface area contributed by atoms with E-state index in [4.69, 9.17) is 0 Å². The maximum atomic E-state index is 13.2. The molecule has 1 aliphatic rings. The Labute approximate surface area is 174 Å². The van der Waals surface area contributed by atoms with Gasteiger partial charge in [0.1, 0.15) is 12.4 Å². The first-order valence-electron chi connectivity index (χ1n) is 10.0. The second-order valence-electron chi connectivity index (χ2n) is 8.18. The highest BCUT2D eigenvalue weighted by Crippen LogP contribution is 2.21. The van der Waals surface area contributed by atoms with Crippen LogP contribution in [0.2, 0.25) is 0 Å². The Kier molecular flexibility index (Phi) is 8.42. The molecule has 0 saturated carbocycles. The zero-order valence-corrected chi connectivity index (χ0v) is 18.6. The molecule has 2 rings (SSSR count). The fourth-order valence-corrected chi connectivity index (χ4v) is 4.86. The normalized spacial score (nSPS) is 20.6. The van der Waals surface area contributed by atoms with Crippen LogP contribution in [-0.4, -0.2) is 70.3 Å². The third kappa shape index (κ3) is 6.94. The highest BCUT2D eigenvalue weighted by molar-refractivity contribution is 7.90. The summed E-state index contributed by atoms with van der Waals surface area (Å²) in [5.41, 5.74) is 0.242. The maximum absolute atomic E-state index is 13.2. The van der Waals surface area contributed by atoms with E-state index >= 15 is 0 Å². The number of anilines is 1. The molecule has 1 aliphatic heterocycles. The third-order valence-corrected chi connectivity index (χ3v) is 6.88. The summed E-state index contributed by atoms with van der Waals surface area (Å²) in [5.74, 6) is 0.518. The highest BCUT2D eigenvalue weighted by Gasteiger charge is 2.27. The van der Waals surface area contributed by atoms with Gasteiger partial charge in [-0.15, -0.1) is 0 Å². The number of benzene rings is 1. The van der Waals surface area contributed by atoms with Gasteiger partial charge in [-0.2, -0.15) is 12.7 Å². The summed E-state index contributed by atoms with van der Waals surface area (Å²) in [7, 11) is -1.10. The lowest BCUT2D eigenvalue weighted by Crippen LogP contribution is -2.46. The fourth-order valence-electron chi connectivity index (χ4n) is 3.80. The molecule has 0 spiro atoms. The molecule has 7 nitrogen and oxygen atoms in total. The molecular formula is C20H33FN4O3S. The first-order chi connectivity index (χ1) is 13.6. The Bertz CT molecular complexity index is 760. The Morgan fingerprint density at radius 3 is 2.31 bits per heavy atom. The quantitative estimate of drug-likeness (QED) is 0.610. The van der Waals surface area contributed by atoms with Gasteiger partial charge in [-0.05, 0) is 55.5 Å². The Balaban J connectivity index is 1.90. The Morgan fingerprint density at radius 1 is 1.17 bits per heavy atom. The molecule has 164 valence electrons. The van der Waals surface area contributed by atoms with Crippen molar-refractivity contribution in [2.75, 3.05) is 51.1 Å². The van der Waals surface area contributed by atoms with Crippen LogP contribution in [0.4, 0.5) is 10.1 Å². The monoisotopic (exact) mass is 428 g/mol. The Hall–Kier alpha value is -1.71. The number of hydrogen-bond donors (Lipinski definition) is 1. The molecule has 9 heteroatoms. The van der Waals surface area contributed by atoms with E-state index < -0.39 is 16.0 Å². The van der Waals surface area contributed by atoms with Gasteiger partial charge in [0.25, 0.3) is 0 Å². The summed E-state index contributed by atoms with van der Waals surface area (Å²) in [5, 5.41) is 2.80. The molecule has 0 aromatic heterocycles. The molecule has 1 saturated heterocycles. The summed E-state index contributed by atoms with van der Waals surface area (Å²) in [6, 6.07) is 5.04. The number of carbonyl (C=O) groups is 1. The van der Waals surface area contributed by atoms with Gasteiger partial charge in [-0.1, -0.05) is 13.8 Å². The second kappa shape index (κ2) is 10.4. The zero-order chi connectivity index (χ0) is 21.6. The number of carbonyl (C=O) groups excluding carboxylic acids is 1. The van der Waals surface area contributed by atoms with Crippen molar-refractivity contribution in [3.63, 3.8) is 0 Å². The number of rotatable bonds is 9. The van der Waals surface area contributed by atoms with E-state index in [2.05, 4.69) is 24.1 Å². The van der Waals surface area contributed by atoms with Crippen molar-refractivity contribution in [2.24, 2.45) is 11.8 Å². The first kappa shape index (κ1) is 23.6. The smallest absolute Gasteiger partial charge is 0.304 e. The fraction of sp³-hybridized carbons (Fsp3) is 0.650. The van der Waals surface area contributed by atoms with Gasteiger partial charge in [0.15, 0.2) is 0 Å². The summed E-state index contributed by atoms with van der Waals surface area (Å²) in [6.07, 6.45) is 2.06. The minimum atomic E-state index is -3.88. The minimum Gasteiger partial charge on any atom is -0.354 e. The predicted octanol–water partition coefficient (Wildman–Crippen LogP) is 1.92. The summed E-state index contributed by atoms with van der Waals surface area (Å²) in [4.78, 5) is 14.8. The average Bonchev–Trinajstić information content (AvgIpc) is 2.63. The van der Waals surface area contributed by atoms with E-state index in [1.165, 1.54) is 44.8 Å². The number of nitrogens with one attached hydrogen (secondary N) is 1. The molecule has 1 heterocycles. The van der Waals surface area contributed by atoms with Crippen molar-refractivity contribution in [1.82, 2.24) is 14.5 Å². The van der Waals surface area contributed by atoms with Crippen LogP contribution in [0.3, 0.4) is 0 Å². The van der Waals surface area contributed by atoms with Crippen LogP contribution in [0.1, 0.15) is 26.7 Å². The van der Waals surface area contributed by atoms with E-state index in [0.29, 0.717) is 18.4 Å². The van der Waals surface area contributed by atoms with Crippen molar-refractivity contribution in [3.8, 4) is 0 Å². The number of hydrogen-bond acceptors (Lipinski definition) is 4. The van der Waals surface area contributed by atoms with Crippen molar-refractivity contribution in [2.45, 2.75) is 26.7 Å². The topological polar surface area (TPSA) is 73.0 Å². The molecule has 0 bridgehead atoms. The molecule has 2 atom stereocenters. The van der Waals surface area contributed by atoms with E-state index in [0.717, 1.165) is 34.7 Å². The van der Waals surface area contributed by atoms with Crippen molar-refractivity contribution >= 4 is 21.8 Å². The molecule has 0 radical (unpaired) electrons. The maximum Gasteiger partial charge on any atom is 0.304 e. The van der Waals surface area contributed by atoms with Gasteiger partial charge in [0.2, 0.25) is 5.91 Å². The lowest BCUT2D eigenvalue weighted by atomic mass is 9.92. The van der Waals surface area contributed by atoms with Crippen molar-refractivity contribution in [1.29, 1.82) is 0 Å². The number of likely N-dealkylation sites (tertiary alicyclic amines) is 1. The van der Waals surface area contributed by atoms with Gasteiger partial charge >= 0.3 is 10.2 Å². The molecule has 1 aromatic carbocycles. The highest BCUT2D eigenvalue weighted by atomic mass is 32.2. The number of nitrogens with zero attached hydrogens (tertiary/aromatic N) is 3. The van der Waals surface area contributed by atoms with Crippen LogP contribution in [-0.2, 0) is 15.0 Å². The lowest BCUT2D eigenvalue weighted by Gasteiger charge is -2.35. The Morgan fingerprint density at radius 2 is 1.76 bits per heavy atom. The van der Waals surface area contributed by atoms with E-state index in [9.17, 15) is 17.6 Å². The van der Waals surface area contributed by atoms with E-state index in [1.54, 1.807) is 0 Å². The number of halogens is 1. The van der Waals surface area contributed by atoms with Gasteiger partial charge in [-0.25, -0.2) is 8.70 Å². The van der Waals surface area contributed by atoms with Gasteiger partial charge < -0.3 is 10.2 Å². The number of amides is 1. The van der Waals surface area contributed by atoms with Crippen molar-refractivity contribution < 1.29 is 17.6 Å². The summed E-state index contributed by atoms with van der Waals surface area (Å²) in [6.45, 7) is 7.72. The molecule has 1 fully saturated rings. The first-order valence-corrected chi connectivity index (χ1v) is 11.4. The standard InChI is InChI=1S/C20H33FN4O3S/c1-16-12-17(2)14-24(13-16)11-5-10-22-20(26)15-25(29(27,28)23(3)4)19-8-6-18(21)7-9-19/h6-9,16-17H,5,10-15H2,1-4H3,(H,22,26)/t16-,17-/m0/s1. The van der Waals surface area contributed by atoms with E-state index in [-0.39, 0.29) is 18.1 Å². The van der Waals surface area contributed by atoms with Gasteiger partial charge in [0.05, 0.1) is 5.69 Å². The van der Waals surface area contributed by atoms with Gasteiger partial charge in [-0.3, -0.25) is 4.79 Å². The summed E-state index contributed by atoms with van der Waals surface area (Å²) < 4.78 is 40.5. The molecule has 0 aliphatic carbocycles. The molecule has 0 unspecified atom stereocenters. The van der Waals surface area contributed by atoms with Crippen LogP contribution < -0.4 is 9.62 Å². The van der Waals surface area contributed by atoms with Crippen LogP contribution in [0, 0.1) is 17.7 Å². The molecule has 1 aromatic rings. The number of piperidine rings is 1. The average molecular weight is 429 g/mol. The minimum absolute atomic E-state index is 0.242. The molecule has 1 N–H and O–H groups in total. The van der Waals surface area contributed by atoms with Crippen LogP contribution in [0.15, 0.2) is 24.3 Å². The SMILES string of the molecule is C[C@H]1C[C@H](C)CN(CCCNC(=O)CN(c2ccc(F)cc2)S(=O)(=O)N(C)C)C1. The molecule has 1 amide bonds. The largest absolute Gasteiger partial charge is 0.354 e. The van der Waals surface area contributed by atoms with Crippen LogP contribution >= 0.6 is 0 Å². The van der Waals surface area contributed by atoms with Crippen molar-refractivity contribution in [3.05, 3.63) is 30.1 Å².